The lowest BCUT2D eigenvalue weighted by molar-refractivity contribution is 0.405. The zero-order chi connectivity index (χ0) is 12.6. The lowest BCUT2D eigenvalue weighted by Gasteiger charge is -2.47. The van der Waals surface area contributed by atoms with E-state index >= 15 is 0 Å². The van der Waals surface area contributed by atoms with E-state index in [1.165, 1.54) is 37.1 Å². The first-order chi connectivity index (χ1) is 8.79. The molecule has 1 saturated carbocycles. The quantitative estimate of drug-likeness (QED) is 0.867. The second-order valence-electron chi connectivity index (χ2n) is 5.41. The minimum atomic E-state index is 0.357. The van der Waals surface area contributed by atoms with Gasteiger partial charge < -0.3 is 15.0 Å². The molecule has 2 aliphatic rings. The first kappa shape index (κ1) is 11.7. The Morgan fingerprint density at radius 1 is 1.33 bits per heavy atom. The second kappa shape index (κ2) is 4.38. The van der Waals surface area contributed by atoms with Crippen LogP contribution in [0.3, 0.4) is 0 Å². The number of methoxy groups -OCH3 is 1. The first-order valence-corrected chi connectivity index (χ1v) is 6.99. The number of hydrogen-bond donors (Lipinski definition) is 1. The average Bonchev–Trinajstić information content (AvgIpc) is 2.87. The van der Waals surface area contributed by atoms with Gasteiger partial charge in [0.2, 0.25) is 0 Å². The average molecular weight is 246 g/mol. The van der Waals surface area contributed by atoms with Crippen LogP contribution in [0.4, 0.5) is 11.4 Å². The molecule has 0 aromatic heterocycles. The fourth-order valence-corrected chi connectivity index (χ4v) is 3.62. The predicted octanol–water partition coefficient (Wildman–Crippen LogP) is 3.26. The van der Waals surface area contributed by atoms with Gasteiger partial charge in [-0.15, -0.1) is 0 Å². The van der Waals surface area contributed by atoms with Crippen LogP contribution in [0.15, 0.2) is 18.2 Å². The van der Waals surface area contributed by atoms with Crippen molar-refractivity contribution in [2.24, 2.45) is 0 Å². The van der Waals surface area contributed by atoms with Crippen LogP contribution in [0.25, 0.3) is 0 Å². The fraction of sp³-hybridized carbons (Fsp3) is 0.600. The molecular weight excluding hydrogens is 224 g/mol. The summed E-state index contributed by atoms with van der Waals surface area (Å²) in [5.41, 5.74) is 2.91. The van der Waals surface area contributed by atoms with Crippen LogP contribution in [-0.4, -0.2) is 25.7 Å². The summed E-state index contributed by atoms with van der Waals surface area (Å²) in [4.78, 5) is 2.60. The van der Waals surface area contributed by atoms with Crippen LogP contribution in [-0.2, 0) is 0 Å². The van der Waals surface area contributed by atoms with E-state index in [9.17, 15) is 0 Å². The van der Waals surface area contributed by atoms with Crippen molar-refractivity contribution in [3.8, 4) is 5.75 Å². The molecule has 3 heteroatoms. The minimum Gasteiger partial charge on any atom is -0.497 e. The summed E-state index contributed by atoms with van der Waals surface area (Å²) in [6, 6.07) is 6.38. The highest BCUT2D eigenvalue weighted by Gasteiger charge is 2.42. The van der Waals surface area contributed by atoms with E-state index < -0.39 is 0 Å². The van der Waals surface area contributed by atoms with E-state index in [0.717, 1.165) is 18.8 Å². The van der Waals surface area contributed by atoms with Gasteiger partial charge in [0, 0.05) is 19.2 Å². The highest BCUT2D eigenvalue weighted by molar-refractivity contribution is 5.75. The van der Waals surface area contributed by atoms with Gasteiger partial charge in [0.05, 0.1) is 24.0 Å². The molecule has 98 valence electrons. The Bertz CT molecular complexity index is 438. The maximum atomic E-state index is 5.31. The van der Waals surface area contributed by atoms with Crippen molar-refractivity contribution in [3.05, 3.63) is 18.2 Å². The molecule has 0 amide bonds. The smallest absolute Gasteiger partial charge is 0.121 e. The molecule has 1 aromatic rings. The molecular formula is C15H22N2O. The van der Waals surface area contributed by atoms with E-state index in [1.54, 1.807) is 7.11 Å². The summed E-state index contributed by atoms with van der Waals surface area (Å²) >= 11 is 0. The largest absolute Gasteiger partial charge is 0.497 e. The van der Waals surface area contributed by atoms with Gasteiger partial charge in [-0.3, -0.25) is 0 Å². The molecule has 1 fully saturated rings. The van der Waals surface area contributed by atoms with Crippen molar-refractivity contribution in [3.63, 3.8) is 0 Å². The summed E-state index contributed by atoms with van der Waals surface area (Å²) in [5.74, 6) is 0.930. The molecule has 1 spiro atoms. The number of anilines is 2. The molecule has 1 N–H and O–H groups in total. The molecule has 1 aliphatic carbocycles. The van der Waals surface area contributed by atoms with Gasteiger partial charge >= 0.3 is 0 Å². The normalized spacial score (nSPS) is 20.7. The Labute approximate surface area is 109 Å². The molecule has 0 saturated heterocycles. The van der Waals surface area contributed by atoms with Crippen molar-refractivity contribution in [2.45, 2.75) is 38.1 Å². The Morgan fingerprint density at radius 3 is 2.78 bits per heavy atom. The first-order valence-electron chi connectivity index (χ1n) is 6.99. The van der Waals surface area contributed by atoms with Crippen molar-refractivity contribution in [2.75, 3.05) is 30.4 Å². The number of likely N-dealkylation sites (N-methyl/N-ethyl adjacent to an activating group) is 1. The lowest BCUT2D eigenvalue weighted by atomic mass is 9.91. The SMILES string of the molecule is CCN1c2ccc(OC)cc2NCC12CCCC2. The summed E-state index contributed by atoms with van der Waals surface area (Å²) in [5, 5.41) is 3.61. The van der Waals surface area contributed by atoms with Crippen LogP contribution in [0, 0.1) is 0 Å². The highest BCUT2D eigenvalue weighted by atomic mass is 16.5. The Hall–Kier alpha value is -1.38. The van der Waals surface area contributed by atoms with Gasteiger partial charge in [-0.2, -0.15) is 0 Å². The number of fused-ring (bicyclic) bond motifs is 1. The zero-order valence-electron chi connectivity index (χ0n) is 11.3. The number of benzene rings is 1. The summed E-state index contributed by atoms with van der Waals surface area (Å²) in [6.07, 6.45) is 5.37. The Morgan fingerprint density at radius 2 is 2.11 bits per heavy atom. The molecule has 1 heterocycles. The fourth-order valence-electron chi connectivity index (χ4n) is 3.62. The molecule has 1 aliphatic heterocycles. The predicted molar refractivity (Wildman–Crippen MR) is 75.7 cm³/mol. The van der Waals surface area contributed by atoms with Crippen LogP contribution < -0.4 is 15.0 Å². The number of ether oxygens (including phenoxy) is 1. The van der Waals surface area contributed by atoms with Crippen molar-refractivity contribution < 1.29 is 4.74 Å². The van der Waals surface area contributed by atoms with Gasteiger partial charge in [-0.05, 0) is 31.9 Å². The molecule has 3 nitrogen and oxygen atoms in total. The third-order valence-corrected chi connectivity index (χ3v) is 4.53. The second-order valence-corrected chi connectivity index (χ2v) is 5.41. The van der Waals surface area contributed by atoms with Crippen molar-refractivity contribution in [1.29, 1.82) is 0 Å². The maximum absolute atomic E-state index is 5.31. The molecule has 0 unspecified atom stereocenters. The monoisotopic (exact) mass is 246 g/mol. The minimum absolute atomic E-state index is 0.357. The van der Waals surface area contributed by atoms with Crippen LogP contribution in [0.5, 0.6) is 5.75 Å². The van der Waals surface area contributed by atoms with Gasteiger partial charge in [0.25, 0.3) is 0 Å². The molecule has 0 atom stereocenters. The van der Waals surface area contributed by atoms with Crippen LogP contribution >= 0.6 is 0 Å². The van der Waals surface area contributed by atoms with Gasteiger partial charge in [-0.1, -0.05) is 12.8 Å². The lowest BCUT2D eigenvalue weighted by Crippen LogP contribution is -2.54. The summed E-state index contributed by atoms with van der Waals surface area (Å²) in [6.45, 7) is 4.42. The van der Waals surface area contributed by atoms with E-state index in [2.05, 4.69) is 35.3 Å². The Balaban J connectivity index is 2.00. The number of nitrogens with zero attached hydrogens (tertiary/aromatic N) is 1. The van der Waals surface area contributed by atoms with Gasteiger partial charge in [0.1, 0.15) is 5.75 Å². The number of rotatable bonds is 2. The van der Waals surface area contributed by atoms with Crippen LogP contribution in [0.2, 0.25) is 0 Å². The summed E-state index contributed by atoms with van der Waals surface area (Å²) in [7, 11) is 1.72. The van der Waals surface area contributed by atoms with Crippen LogP contribution in [0.1, 0.15) is 32.6 Å². The number of hydrogen-bond acceptors (Lipinski definition) is 3. The van der Waals surface area contributed by atoms with Gasteiger partial charge in [0.15, 0.2) is 0 Å². The molecule has 3 rings (SSSR count). The Kier molecular flexibility index (Phi) is 2.84. The third kappa shape index (κ3) is 1.64. The maximum Gasteiger partial charge on any atom is 0.121 e. The van der Waals surface area contributed by atoms with E-state index in [0.29, 0.717) is 5.54 Å². The summed E-state index contributed by atoms with van der Waals surface area (Å²) < 4.78 is 5.31. The zero-order valence-corrected chi connectivity index (χ0v) is 11.3. The van der Waals surface area contributed by atoms with Crippen molar-refractivity contribution >= 4 is 11.4 Å². The topological polar surface area (TPSA) is 24.5 Å². The van der Waals surface area contributed by atoms with E-state index in [4.69, 9.17) is 4.74 Å². The molecule has 0 bridgehead atoms. The van der Waals surface area contributed by atoms with Gasteiger partial charge in [-0.25, -0.2) is 0 Å². The standard InChI is InChI=1S/C15H22N2O/c1-3-17-14-7-6-12(18-2)10-13(14)16-11-15(17)8-4-5-9-15/h6-7,10,16H,3-5,8-9,11H2,1-2H3. The molecule has 18 heavy (non-hydrogen) atoms. The number of nitrogens with one attached hydrogen (secondary N) is 1. The third-order valence-electron chi connectivity index (χ3n) is 4.53. The van der Waals surface area contributed by atoms with Crippen molar-refractivity contribution in [1.82, 2.24) is 0 Å². The van der Waals surface area contributed by atoms with E-state index in [-0.39, 0.29) is 0 Å². The van der Waals surface area contributed by atoms with E-state index in [1.807, 2.05) is 0 Å². The highest BCUT2D eigenvalue weighted by Crippen LogP contribution is 2.45. The molecule has 0 radical (unpaired) electrons. The molecule has 1 aromatic carbocycles.